The van der Waals surface area contributed by atoms with Crippen molar-refractivity contribution >= 4 is 0 Å². The van der Waals surface area contributed by atoms with Crippen molar-refractivity contribution in [3.8, 4) is 0 Å². The van der Waals surface area contributed by atoms with Crippen molar-refractivity contribution in [1.82, 2.24) is 0 Å². The molecule has 1 atom stereocenters. The number of methoxy groups -OCH3 is 1. The quantitative estimate of drug-likeness (QED) is 0.586. The van der Waals surface area contributed by atoms with Gasteiger partial charge in [0.2, 0.25) is 0 Å². The van der Waals surface area contributed by atoms with E-state index < -0.39 is 0 Å². The molecule has 0 fully saturated rings. The number of nitrogens with two attached hydrogens (primary N) is 1. The summed E-state index contributed by atoms with van der Waals surface area (Å²) in [5.74, 6) is 0. The molecule has 60 valence electrons. The first kappa shape index (κ1) is 9.66. The Morgan fingerprint density at radius 1 is 1.70 bits per heavy atom. The van der Waals surface area contributed by atoms with Gasteiger partial charge in [-0.2, -0.15) is 0 Å². The summed E-state index contributed by atoms with van der Waals surface area (Å²) in [7, 11) is 1.69. The molecule has 10 heavy (non-hydrogen) atoms. The van der Waals surface area contributed by atoms with Gasteiger partial charge in [-0.1, -0.05) is 13.0 Å². The lowest BCUT2D eigenvalue weighted by Crippen LogP contribution is -2.26. The van der Waals surface area contributed by atoms with Gasteiger partial charge in [-0.3, -0.25) is 0 Å². The van der Waals surface area contributed by atoms with Crippen molar-refractivity contribution in [3.63, 3.8) is 0 Å². The molecule has 2 nitrogen and oxygen atoms in total. The van der Waals surface area contributed by atoms with Crippen LogP contribution in [0.4, 0.5) is 0 Å². The van der Waals surface area contributed by atoms with Gasteiger partial charge in [0, 0.05) is 20.3 Å². The van der Waals surface area contributed by atoms with Gasteiger partial charge in [0.05, 0.1) is 0 Å². The van der Waals surface area contributed by atoms with Gasteiger partial charge in [0.1, 0.15) is 0 Å². The normalized spacial score (nSPS) is 16.3. The third-order valence-corrected chi connectivity index (χ3v) is 1.84. The van der Waals surface area contributed by atoms with Crippen LogP contribution in [0.3, 0.4) is 0 Å². The summed E-state index contributed by atoms with van der Waals surface area (Å²) in [6, 6.07) is 0. The molecule has 0 rings (SSSR count). The van der Waals surface area contributed by atoms with Crippen molar-refractivity contribution in [1.29, 1.82) is 0 Å². The summed E-state index contributed by atoms with van der Waals surface area (Å²) >= 11 is 0. The molecule has 0 amide bonds. The van der Waals surface area contributed by atoms with E-state index in [4.69, 9.17) is 10.5 Å². The van der Waals surface area contributed by atoms with Gasteiger partial charge in [0.15, 0.2) is 0 Å². The summed E-state index contributed by atoms with van der Waals surface area (Å²) in [5, 5.41) is 0. The molecule has 0 aromatic heterocycles. The van der Waals surface area contributed by atoms with E-state index in [1.807, 2.05) is 6.08 Å². The molecule has 0 bridgehead atoms. The maximum Gasteiger partial charge on any atom is 0.0470 e. The molecule has 1 unspecified atom stereocenters. The van der Waals surface area contributed by atoms with Crippen LogP contribution in [0.1, 0.15) is 13.3 Å². The highest BCUT2D eigenvalue weighted by atomic mass is 16.5. The largest absolute Gasteiger partial charge is 0.385 e. The van der Waals surface area contributed by atoms with E-state index in [-0.39, 0.29) is 5.41 Å². The van der Waals surface area contributed by atoms with Crippen LogP contribution in [0.2, 0.25) is 0 Å². The Labute approximate surface area is 63.1 Å². The molecule has 0 saturated heterocycles. The number of hydrogen-bond acceptors (Lipinski definition) is 2. The van der Waals surface area contributed by atoms with Gasteiger partial charge >= 0.3 is 0 Å². The Morgan fingerprint density at radius 2 is 2.30 bits per heavy atom. The topological polar surface area (TPSA) is 35.2 Å². The standard InChI is InChI=1S/C8H17NO/c1-4-8(2,7-9)5-6-10-3/h4H,1,5-7,9H2,2-3H3. The van der Waals surface area contributed by atoms with Gasteiger partial charge in [-0.05, 0) is 11.8 Å². The van der Waals surface area contributed by atoms with Gasteiger partial charge in [-0.25, -0.2) is 0 Å². The lowest BCUT2D eigenvalue weighted by atomic mass is 9.88. The molecular weight excluding hydrogens is 126 g/mol. The minimum absolute atomic E-state index is 0.0516. The van der Waals surface area contributed by atoms with Crippen LogP contribution in [-0.2, 0) is 4.74 Å². The zero-order valence-corrected chi connectivity index (χ0v) is 6.89. The SMILES string of the molecule is C=CC(C)(CN)CCOC. The molecule has 0 aromatic carbocycles. The molecule has 0 aliphatic heterocycles. The first-order valence-corrected chi connectivity index (χ1v) is 3.51. The van der Waals surface area contributed by atoms with E-state index in [2.05, 4.69) is 13.5 Å². The molecule has 0 spiro atoms. The Balaban J connectivity index is 3.68. The highest BCUT2D eigenvalue weighted by Crippen LogP contribution is 2.19. The maximum absolute atomic E-state index is 5.53. The van der Waals surface area contributed by atoms with Crippen LogP contribution in [0.5, 0.6) is 0 Å². The Morgan fingerprint density at radius 3 is 2.60 bits per heavy atom. The molecule has 0 aliphatic carbocycles. The van der Waals surface area contributed by atoms with Crippen LogP contribution in [0, 0.1) is 5.41 Å². The summed E-state index contributed by atoms with van der Waals surface area (Å²) in [6.45, 7) is 7.19. The Hall–Kier alpha value is -0.340. The average molecular weight is 143 g/mol. The summed E-state index contributed by atoms with van der Waals surface area (Å²) in [5.41, 5.74) is 5.58. The van der Waals surface area contributed by atoms with Crippen LogP contribution < -0.4 is 5.73 Å². The van der Waals surface area contributed by atoms with E-state index >= 15 is 0 Å². The third kappa shape index (κ3) is 2.99. The van der Waals surface area contributed by atoms with Gasteiger partial charge < -0.3 is 10.5 Å². The molecule has 0 aromatic rings. The molecule has 2 heteroatoms. The average Bonchev–Trinajstić information content (AvgIpc) is 2.00. The number of ether oxygens (including phenoxy) is 1. The number of hydrogen-bond donors (Lipinski definition) is 1. The van der Waals surface area contributed by atoms with E-state index in [0.29, 0.717) is 6.54 Å². The minimum atomic E-state index is 0.0516. The van der Waals surface area contributed by atoms with Crippen molar-refractivity contribution in [3.05, 3.63) is 12.7 Å². The van der Waals surface area contributed by atoms with Crippen molar-refractivity contribution in [2.24, 2.45) is 11.1 Å². The van der Waals surface area contributed by atoms with Gasteiger partial charge in [0.25, 0.3) is 0 Å². The summed E-state index contributed by atoms with van der Waals surface area (Å²) < 4.78 is 4.94. The zero-order chi connectivity index (χ0) is 8.04. The Kier molecular flexibility index (Phi) is 4.32. The van der Waals surface area contributed by atoms with E-state index in [0.717, 1.165) is 13.0 Å². The molecule has 0 heterocycles. The summed E-state index contributed by atoms with van der Waals surface area (Å²) in [6.07, 6.45) is 2.84. The second-order valence-electron chi connectivity index (χ2n) is 2.81. The van der Waals surface area contributed by atoms with E-state index in [1.54, 1.807) is 7.11 Å². The van der Waals surface area contributed by atoms with Crippen molar-refractivity contribution in [2.75, 3.05) is 20.3 Å². The number of rotatable bonds is 5. The lowest BCUT2D eigenvalue weighted by Gasteiger charge is -2.22. The Bertz CT molecular complexity index is 103. The van der Waals surface area contributed by atoms with Crippen LogP contribution in [-0.4, -0.2) is 20.3 Å². The van der Waals surface area contributed by atoms with E-state index in [1.165, 1.54) is 0 Å². The zero-order valence-electron chi connectivity index (χ0n) is 6.89. The minimum Gasteiger partial charge on any atom is -0.385 e. The molecule has 0 aliphatic rings. The van der Waals surface area contributed by atoms with E-state index in [9.17, 15) is 0 Å². The maximum atomic E-state index is 5.53. The predicted octanol–water partition coefficient (Wildman–Crippen LogP) is 1.17. The second kappa shape index (κ2) is 4.47. The third-order valence-electron chi connectivity index (χ3n) is 1.84. The first-order chi connectivity index (χ1) is 4.68. The first-order valence-electron chi connectivity index (χ1n) is 3.51. The highest BCUT2D eigenvalue weighted by Gasteiger charge is 2.16. The summed E-state index contributed by atoms with van der Waals surface area (Å²) in [4.78, 5) is 0. The van der Waals surface area contributed by atoms with Crippen LogP contribution in [0.25, 0.3) is 0 Å². The predicted molar refractivity (Wildman–Crippen MR) is 43.9 cm³/mol. The molecular formula is C8H17NO. The van der Waals surface area contributed by atoms with Crippen LogP contribution >= 0.6 is 0 Å². The lowest BCUT2D eigenvalue weighted by molar-refractivity contribution is 0.165. The van der Waals surface area contributed by atoms with Crippen molar-refractivity contribution < 1.29 is 4.74 Å². The fourth-order valence-electron chi connectivity index (χ4n) is 0.623. The molecule has 0 radical (unpaired) electrons. The second-order valence-corrected chi connectivity index (χ2v) is 2.81. The monoisotopic (exact) mass is 143 g/mol. The fourth-order valence-corrected chi connectivity index (χ4v) is 0.623. The van der Waals surface area contributed by atoms with Crippen LogP contribution in [0.15, 0.2) is 12.7 Å². The smallest absolute Gasteiger partial charge is 0.0470 e. The molecule has 0 saturated carbocycles. The molecule has 2 N–H and O–H groups in total. The van der Waals surface area contributed by atoms with Gasteiger partial charge in [-0.15, -0.1) is 6.58 Å². The van der Waals surface area contributed by atoms with Crippen molar-refractivity contribution in [2.45, 2.75) is 13.3 Å². The fraction of sp³-hybridized carbons (Fsp3) is 0.750. The highest BCUT2D eigenvalue weighted by molar-refractivity contribution is 4.91.